The molecule has 19 heavy (non-hydrogen) atoms. The Morgan fingerprint density at radius 3 is 2.74 bits per heavy atom. The molecule has 0 N–H and O–H groups in total. The number of fused-ring (bicyclic) bond motifs is 2. The van der Waals surface area contributed by atoms with Crippen LogP contribution in [0.2, 0.25) is 0 Å². The van der Waals surface area contributed by atoms with E-state index in [1.807, 2.05) is 0 Å². The predicted molar refractivity (Wildman–Crippen MR) is 65.8 cm³/mol. The topological polar surface area (TPSA) is 55.8 Å². The smallest absolute Gasteiger partial charge is 0.260 e. The second kappa shape index (κ2) is 4.32. The molecule has 0 bridgehead atoms. The number of hydrogen-bond donors (Lipinski definition) is 0. The number of imide groups is 1. The highest BCUT2D eigenvalue weighted by atomic mass is 16.7. The number of benzene rings is 1. The van der Waals surface area contributed by atoms with E-state index in [9.17, 15) is 9.59 Å². The Morgan fingerprint density at radius 1 is 1.26 bits per heavy atom. The Labute approximate surface area is 110 Å². The number of ether oxygens (including phenoxy) is 2. The number of rotatable bonds is 2. The summed E-state index contributed by atoms with van der Waals surface area (Å²) < 4.78 is 10.5. The van der Waals surface area contributed by atoms with Crippen LogP contribution in [-0.4, -0.2) is 30.1 Å². The van der Waals surface area contributed by atoms with E-state index in [2.05, 4.69) is 5.92 Å². The molecule has 5 nitrogen and oxygen atoms in total. The fraction of sp³-hybridized carbons (Fsp3) is 0.286. The second-order valence-electron chi connectivity index (χ2n) is 4.34. The van der Waals surface area contributed by atoms with Gasteiger partial charge in [0.2, 0.25) is 12.7 Å². The highest BCUT2D eigenvalue weighted by Gasteiger charge is 2.32. The lowest BCUT2D eigenvalue weighted by molar-refractivity contribution is -0.128. The minimum atomic E-state index is -0.320. The van der Waals surface area contributed by atoms with Gasteiger partial charge in [0, 0.05) is 18.5 Å². The van der Waals surface area contributed by atoms with Crippen molar-refractivity contribution in [2.45, 2.75) is 12.8 Å². The van der Waals surface area contributed by atoms with E-state index in [0.29, 0.717) is 29.0 Å². The quantitative estimate of drug-likeness (QED) is 0.585. The lowest BCUT2D eigenvalue weighted by atomic mass is 9.97. The molecule has 1 aromatic rings. The first-order valence-corrected chi connectivity index (χ1v) is 5.91. The van der Waals surface area contributed by atoms with Gasteiger partial charge in [0.05, 0.1) is 6.42 Å². The normalized spacial score (nSPS) is 16.3. The standard InChI is InChI=1S/C14H11NO4/c1-2-3-4-15-13(16)6-9-5-11-12(19-8-18-11)7-10(9)14(15)17/h1,5,7H,3-4,6,8H2. The lowest BCUT2D eigenvalue weighted by Crippen LogP contribution is -2.42. The number of carbonyl (C=O) groups is 2. The molecule has 3 rings (SSSR count). The fourth-order valence-electron chi connectivity index (χ4n) is 2.25. The number of amides is 2. The summed E-state index contributed by atoms with van der Waals surface area (Å²) >= 11 is 0. The molecule has 2 aliphatic rings. The third-order valence-corrected chi connectivity index (χ3v) is 3.20. The molecule has 2 heterocycles. The zero-order chi connectivity index (χ0) is 13.4. The van der Waals surface area contributed by atoms with Crippen molar-refractivity contribution in [1.29, 1.82) is 0 Å². The zero-order valence-corrected chi connectivity index (χ0v) is 10.1. The first-order chi connectivity index (χ1) is 9.20. The zero-order valence-electron chi connectivity index (χ0n) is 10.1. The summed E-state index contributed by atoms with van der Waals surface area (Å²) in [7, 11) is 0. The molecule has 2 amide bonds. The second-order valence-corrected chi connectivity index (χ2v) is 4.34. The minimum absolute atomic E-state index is 0.140. The Morgan fingerprint density at radius 2 is 2.00 bits per heavy atom. The maximum atomic E-state index is 12.3. The molecule has 0 aliphatic carbocycles. The van der Waals surface area contributed by atoms with Crippen LogP contribution < -0.4 is 9.47 Å². The molecule has 0 unspecified atom stereocenters. The van der Waals surface area contributed by atoms with Crippen molar-refractivity contribution < 1.29 is 19.1 Å². The van der Waals surface area contributed by atoms with Gasteiger partial charge in [-0.3, -0.25) is 14.5 Å². The monoisotopic (exact) mass is 257 g/mol. The number of carbonyl (C=O) groups excluding carboxylic acids is 2. The number of hydrogen-bond acceptors (Lipinski definition) is 4. The van der Waals surface area contributed by atoms with Gasteiger partial charge in [-0.15, -0.1) is 12.3 Å². The first-order valence-electron chi connectivity index (χ1n) is 5.91. The summed E-state index contributed by atoms with van der Waals surface area (Å²) in [6.45, 7) is 0.392. The third-order valence-electron chi connectivity index (χ3n) is 3.20. The first kappa shape index (κ1) is 11.6. The fourth-order valence-corrected chi connectivity index (χ4v) is 2.25. The molecule has 0 aromatic heterocycles. The molecule has 96 valence electrons. The van der Waals surface area contributed by atoms with Gasteiger partial charge in [-0.2, -0.15) is 0 Å². The van der Waals surface area contributed by atoms with E-state index in [4.69, 9.17) is 15.9 Å². The van der Waals surface area contributed by atoms with Crippen LogP contribution in [0.5, 0.6) is 11.5 Å². The lowest BCUT2D eigenvalue weighted by Gasteiger charge is -2.26. The predicted octanol–water partition coefficient (Wildman–Crippen LogP) is 0.963. The summed E-state index contributed by atoms with van der Waals surface area (Å²) in [4.78, 5) is 25.4. The van der Waals surface area contributed by atoms with Crippen LogP contribution in [0.15, 0.2) is 12.1 Å². The van der Waals surface area contributed by atoms with Gasteiger partial charge in [-0.05, 0) is 17.7 Å². The highest BCUT2D eigenvalue weighted by molar-refractivity contribution is 6.10. The molecular weight excluding hydrogens is 246 g/mol. The maximum Gasteiger partial charge on any atom is 0.260 e. The van der Waals surface area contributed by atoms with E-state index in [1.54, 1.807) is 12.1 Å². The van der Waals surface area contributed by atoms with Gasteiger partial charge in [0.15, 0.2) is 11.5 Å². The van der Waals surface area contributed by atoms with Crippen molar-refractivity contribution in [3.8, 4) is 23.8 Å². The van der Waals surface area contributed by atoms with Crippen molar-refractivity contribution in [1.82, 2.24) is 4.90 Å². The molecular formula is C14H11NO4. The van der Waals surface area contributed by atoms with Gasteiger partial charge in [-0.1, -0.05) is 0 Å². The molecule has 0 radical (unpaired) electrons. The average Bonchev–Trinajstić information content (AvgIpc) is 2.84. The SMILES string of the molecule is C#CCCN1C(=O)Cc2cc3c(cc2C1=O)OCO3. The molecule has 0 saturated heterocycles. The van der Waals surface area contributed by atoms with Crippen LogP contribution in [0.25, 0.3) is 0 Å². The van der Waals surface area contributed by atoms with E-state index in [-0.39, 0.29) is 31.6 Å². The molecule has 1 aromatic carbocycles. The Hall–Kier alpha value is -2.48. The Balaban J connectivity index is 1.98. The van der Waals surface area contributed by atoms with Gasteiger partial charge < -0.3 is 9.47 Å². The summed E-state index contributed by atoms with van der Waals surface area (Å²) in [5, 5.41) is 0. The minimum Gasteiger partial charge on any atom is -0.454 e. The van der Waals surface area contributed by atoms with E-state index in [1.165, 1.54) is 4.90 Å². The summed E-state index contributed by atoms with van der Waals surface area (Å²) in [6.07, 6.45) is 5.71. The van der Waals surface area contributed by atoms with Gasteiger partial charge in [-0.25, -0.2) is 0 Å². The van der Waals surface area contributed by atoms with Crippen LogP contribution in [-0.2, 0) is 11.2 Å². The van der Waals surface area contributed by atoms with Crippen molar-refractivity contribution in [3.63, 3.8) is 0 Å². The van der Waals surface area contributed by atoms with Crippen molar-refractivity contribution in [2.75, 3.05) is 13.3 Å². The summed E-state index contributed by atoms with van der Waals surface area (Å²) in [5.41, 5.74) is 1.16. The largest absolute Gasteiger partial charge is 0.454 e. The van der Waals surface area contributed by atoms with Crippen LogP contribution in [0.1, 0.15) is 22.3 Å². The van der Waals surface area contributed by atoms with Gasteiger partial charge in [0.25, 0.3) is 5.91 Å². The summed E-state index contributed by atoms with van der Waals surface area (Å²) in [5.74, 6) is 3.00. The Bertz CT molecular complexity index is 615. The van der Waals surface area contributed by atoms with Crippen molar-refractivity contribution in [3.05, 3.63) is 23.3 Å². The molecule has 0 atom stereocenters. The van der Waals surface area contributed by atoms with Crippen LogP contribution in [0.3, 0.4) is 0 Å². The molecule has 5 heteroatoms. The molecule has 0 spiro atoms. The van der Waals surface area contributed by atoms with Crippen LogP contribution >= 0.6 is 0 Å². The molecule has 0 saturated carbocycles. The van der Waals surface area contributed by atoms with Crippen LogP contribution in [0, 0.1) is 12.3 Å². The van der Waals surface area contributed by atoms with Crippen molar-refractivity contribution in [2.24, 2.45) is 0 Å². The third kappa shape index (κ3) is 1.82. The van der Waals surface area contributed by atoms with E-state index < -0.39 is 0 Å². The molecule has 0 fully saturated rings. The maximum absolute atomic E-state index is 12.3. The van der Waals surface area contributed by atoms with Gasteiger partial charge in [0.1, 0.15) is 0 Å². The summed E-state index contributed by atoms with van der Waals surface area (Å²) in [6, 6.07) is 3.33. The number of nitrogens with zero attached hydrogens (tertiary/aromatic N) is 1. The molecule has 2 aliphatic heterocycles. The van der Waals surface area contributed by atoms with Gasteiger partial charge >= 0.3 is 0 Å². The van der Waals surface area contributed by atoms with E-state index >= 15 is 0 Å². The highest BCUT2D eigenvalue weighted by Crippen LogP contribution is 2.36. The number of terminal acetylenes is 1. The van der Waals surface area contributed by atoms with E-state index in [0.717, 1.165) is 0 Å². The van der Waals surface area contributed by atoms with Crippen molar-refractivity contribution >= 4 is 11.8 Å². The average molecular weight is 257 g/mol. The van der Waals surface area contributed by atoms with Crippen LogP contribution in [0.4, 0.5) is 0 Å². The Kier molecular flexibility index (Phi) is 2.64.